The second kappa shape index (κ2) is 7.15. The van der Waals surface area contributed by atoms with Gasteiger partial charge in [-0.2, -0.15) is 0 Å². The summed E-state index contributed by atoms with van der Waals surface area (Å²) >= 11 is 0. The molecule has 3 nitrogen and oxygen atoms in total. The molecule has 2 rings (SSSR count). The van der Waals surface area contributed by atoms with Gasteiger partial charge in [0.05, 0.1) is 13.4 Å². The van der Waals surface area contributed by atoms with Crippen molar-refractivity contribution in [2.24, 2.45) is 0 Å². The van der Waals surface area contributed by atoms with Crippen molar-refractivity contribution in [3.8, 4) is 5.75 Å². The molecule has 0 bridgehead atoms. The summed E-state index contributed by atoms with van der Waals surface area (Å²) in [5.74, 6) is 1.89. The van der Waals surface area contributed by atoms with Crippen molar-refractivity contribution >= 4 is 0 Å². The van der Waals surface area contributed by atoms with E-state index in [0.29, 0.717) is 0 Å². The van der Waals surface area contributed by atoms with E-state index in [0.717, 1.165) is 30.9 Å². The van der Waals surface area contributed by atoms with Crippen LogP contribution in [0.3, 0.4) is 0 Å². The zero-order valence-electron chi connectivity index (χ0n) is 12.5. The first-order valence-corrected chi connectivity index (χ1v) is 7.15. The van der Waals surface area contributed by atoms with Gasteiger partial charge in [0.1, 0.15) is 11.5 Å². The average Bonchev–Trinajstić information content (AvgIpc) is 2.90. The van der Waals surface area contributed by atoms with Crippen LogP contribution in [0.15, 0.2) is 41.0 Å². The summed E-state index contributed by atoms with van der Waals surface area (Å²) < 4.78 is 10.7. The molecule has 0 saturated carbocycles. The third kappa shape index (κ3) is 3.64. The fraction of sp³-hybridized carbons (Fsp3) is 0.412. The molecule has 0 spiro atoms. The molecule has 0 aliphatic carbocycles. The van der Waals surface area contributed by atoms with Gasteiger partial charge in [-0.3, -0.25) is 0 Å². The molecule has 2 aromatic rings. The van der Waals surface area contributed by atoms with E-state index in [-0.39, 0.29) is 6.04 Å². The second-order valence-corrected chi connectivity index (χ2v) is 4.99. The van der Waals surface area contributed by atoms with Gasteiger partial charge in [0.2, 0.25) is 0 Å². The molecule has 108 valence electrons. The first-order valence-electron chi connectivity index (χ1n) is 7.15. The topological polar surface area (TPSA) is 34.4 Å². The lowest BCUT2D eigenvalue weighted by Crippen LogP contribution is -2.24. The molecule has 3 heteroatoms. The first-order chi connectivity index (χ1) is 9.74. The Morgan fingerprint density at radius 1 is 1.30 bits per heavy atom. The number of aryl methyl sites for hydroxylation is 1. The summed E-state index contributed by atoms with van der Waals surface area (Å²) in [4.78, 5) is 0. The van der Waals surface area contributed by atoms with E-state index in [1.807, 2.05) is 19.1 Å². The van der Waals surface area contributed by atoms with Crippen molar-refractivity contribution in [3.63, 3.8) is 0 Å². The van der Waals surface area contributed by atoms with Gasteiger partial charge in [0.15, 0.2) is 0 Å². The Morgan fingerprint density at radius 2 is 2.15 bits per heavy atom. The number of nitrogens with one attached hydrogen (secondary N) is 1. The molecule has 0 aliphatic rings. The highest BCUT2D eigenvalue weighted by atomic mass is 16.5. The fourth-order valence-electron chi connectivity index (χ4n) is 2.40. The summed E-state index contributed by atoms with van der Waals surface area (Å²) in [7, 11) is 1.70. The quantitative estimate of drug-likeness (QED) is 0.831. The van der Waals surface area contributed by atoms with E-state index in [1.54, 1.807) is 13.4 Å². The van der Waals surface area contributed by atoms with Crippen molar-refractivity contribution in [3.05, 3.63) is 53.5 Å². The molecule has 1 unspecified atom stereocenters. The van der Waals surface area contributed by atoms with Crippen LogP contribution in [0.5, 0.6) is 5.75 Å². The molecule has 1 atom stereocenters. The zero-order chi connectivity index (χ0) is 14.4. The Balaban J connectivity index is 2.17. The maximum Gasteiger partial charge on any atom is 0.119 e. The highest BCUT2D eigenvalue weighted by Gasteiger charge is 2.16. The summed E-state index contributed by atoms with van der Waals surface area (Å²) in [5.41, 5.74) is 2.50. The summed E-state index contributed by atoms with van der Waals surface area (Å²) in [6.07, 6.45) is 3.81. The maximum absolute atomic E-state index is 5.44. The van der Waals surface area contributed by atoms with E-state index >= 15 is 0 Å². The monoisotopic (exact) mass is 273 g/mol. The molecule has 0 saturated heterocycles. The SMILES string of the molecule is CCCNC(Cc1cccc(OC)c1)c1ccoc1C. The van der Waals surface area contributed by atoms with Crippen LogP contribution in [0.25, 0.3) is 0 Å². The molecule has 1 aromatic carbocycles. The van der Waals surface area contributed by atoms with Crippen LogP contribution in [0.4, 0.5) is 0 Å². The molecular weight excluding hydrogens is 250 g/mol. The normalized spacial score (nSPS) is 12.3. The molecule has 0 amide bonds. The van der Waals surface area contributed by atoms with Gasteiger partial charge < -0.3 is 14.5 Å². The van der Waals surface area contributed by atoms with Crippen molar-refractivity contribution in [2.75, 3.05) is 13.7 Å². The van der Waals surface area contributed by atoms with Crippen LogP contribution in [0.1, 0.15) is 36.3 Å². The Hall–Kier alpha value is -1.74. The lowest BCUT2D eigenvalue weighted by molar-refractivity contribution is 0.413. The smallest absolute Gasteiger partial charge is 0.119 e. The standard InChI is InChI=1S/C17H23NO2/c1-4-9-18-17(16-8-10-20-13(16)2)12-14-6-5-7-15(11-14)19-3/h5-8,10-11,17-18H,4,9,12H2,1-3H3. The Morgan fingerprint density at radius 3 is 2.80 bits per heavy atom. The minimum absolute atomic E-state index is 0.279. The number of hydrogen-bond donors (Lipinski definition) is 1. The van der Waals surface area contributed by atoms with E-state index < -0.39 is 0 Å². The fourth-order valence-corrected chi connectivity index (χ4v) is 2.40. The minimum atomic E-state index is 0.279. The van der Waals surface area contributed by atoms with Crippen LogP contribution in [0.2, 0.25) is 0 Å². The maximum atomic E-state index is 5.44. The minimum Gasteiger partial charge on any atom is -0.497 e. The molecule has 1 aromatic heterocycles. The summed E-state index contributed by atoms with van der Waals surface area (Å²) in [5, 5.41) is 3.60. The van der Waals surface area contributed by atoms with Gasteiger partial charge in [-0.15, -0.1) is 0 Å². The predicted octanol–water partition coefficient (Wildman–Crippen LogP) is 3.88. The van der Waals surface area contributed by atoms with Gasteiger partial charge in [-0.25, -0.2) is 0 Å². The third-order valence-electron chi connectivity index (χ3n) is 3.49. The lowest BCUT2D eigenvalue weighted by Gasteiger charge is -2.18. The number of rotatable bonds is 7. The van der Waals surface area contributed by atoms with Crippen molar-refractivity contribution in [1.29, 1.82) is 0 Å². The molecule has 1 heterocycles. The Bertz CT molecular complexity index is 533. The number of ether oxygens (including phenoxy) is 1. The lowest BCUT2D eigenvalue weighted by atomic mass is 9.99. The third-order valence-corrected chi connectivity index (χ3v) is 3.49. The number of methoxy groups -OCH3 is 1. The van der Waals surface area contributed by atoms with E-state index in [1.165, 1.54) is 11.1 Å². The van der Waals surface area contributed by atoms with E-state index in [2.05, 4.69) is 30.4 Å². The van der Waals surface area contributed by atoms with Gasteiger partial charge in [0.25, 0.3) is 0 Å². The van der Waals surface area contributed by atoms with Gasteiger partial charge >= 0.3 is 0 Å². The number of benzene rings is 1. The van der Waals surface area contributed by atoms with E-state index in [9.17, 15) is 0 Å². The zero-order valence-corrected chi connectivity index (χ0v) is 12.5. The predicted molar refractivity (Wildman–Crippen MR) is 81.2 cm³/mol. The van der Waals surface area contributed by atoms with E-state index in [4.69, 9.17) is 9.15 Å². The van der Waals surface area contributed by atoms with Crippen LogP contribution in [-0.2, 0) is 6.42 Å². The molecule has 0 aliphatic heterocycles. The number of furan rings is 1. The van der Waals surface area contributed by atoms with Gasteiger partial charge in [-0.1, -0.05) is 19.1 Å². The van der Waals surface area contributed by atoms with Crippen molar-refractivity contribution in [1.82, 2.24) is 5.32 Å². The van der Waals surface area contributed by atoms with Gasteiger partial charge in [0, 0.05) is 11.6 Å². The summed E-state index contributed by atoms with van der Waals surface area (Å²) in [6, 6.07) is 10.6. The first kappa shape index (κ1) is 14.7. The molecule has 20 heavy (non-hydrogen) atoms. The highest BCUT2D eigenvalue weighted by Crippen LogP contribution is 2.24. The van der Waals surface area contributed by atoms with Crippen molar-refractivity contribution < 1.29 is 9.15 Å². The number of hydrogen-bond acceptors (Lipinski definition) is 3. The molecule has 0 radical (unpaired) electrons. The molecule has 1 N–H and O–H groups in total. The second-order valence-electron chi connectivity index (χ2n) is 4.99. The van der Waals surface area contributed by atoms with Crippen LogP contribution >= 0.6 is 0 Å². The van der Waals surface area contributed by atoms with Crippen LogP contribution in [0, 0.1) is 6.92 Å². The Labute approximate surface area is 121 Å². The Kier molecular flexibility index (Phi) is 5.24. The van der Waals surface area contributed by atoms with Crippen molar-refractivity contribution in [2.45, 2.75) is 32.7 Å². The van der Waals surface area contributed by atoms with Gasteiger partial charge in [-0.05, 0) is 50.1 Å². The average molecular weight is 273 g/mol. The molecule has 0 fully saturated rings. The molecular formula is C17H23NO2. The summed E-state index contributed by atoms with van der Waals surface area (Å²) in [6.45, 7) is 5.19. The largest absolute Gasteiger partial charge is 0.497 e. The van der Waals surface area contributed by atoms with Crippen LogP contribution in [-0.4, -0.2) is 13.7 Å². The van der Waals surface area contributed by atoms with Crippen LogP contribution < -0.4 is 10.1 Å². The highest BCUT2D eigenvalue weighted by molar-refractivity contribution is 5.31.